The first-order valence-corrected chi connectivity index (χ1v) is 6.13. The fourth-order valence-electron chi connectivity index (χ4n) is 1.87. The van der Waals surface area contributed by atoms with Gasteiger partial charge in [-0.05, 0) is 42.3 Å². The molecule has 0 spiro atoms. The molecule has 2 N–H and O–H groups in total. The summed E-state index contributed by atoms with van der Waals surface area (Å²) in [4.78, 5) is 4.56. The van der Waals surface area contributed by atoms with Crippen LogP contribution in [0.1, 0.15) is 23.9 Å². The Hall–Kier alpha value is -2.29. The molecular formula is C16H18N2O. The van der Waals surface area contributed by atoms with Crippen LogP contribution in [0.25, 0.3) is 5.57 Å². The van der Waals surface area contributed by atoms with Crippen LogP contribution >= 0.6 is 0 Å². The lowest BCUT2D eigenvalue weighted by molar-refractivity contribution is 0.414. The maximum Gasteiger partial charge on any atom is 0.118 e. The number of aromatic nitrogens is 1. The highest BCUT2D eigenvalue weighted by Gasteiger charge is 2.03. The van der Waals surface area contributed by atoms with Gasteiger partial charge in [-0.15, -0.1) is 0 Å². The Labute approximate surface area is 113 Å². The number of hydrogen-bond donors (Lipinski definition) is 1. The third-order valence-corrected chi connectivity index (χ3v) is 2.88. The summed E-state index contributed by atoms with van der Waals surface area (Å²) in [6.07, 6.45) is 0.745. The van der Waals surface area contributed by atoms with Crippen molar-refractivity contribution in [2.75, 3.05) is 12.8 Å². The lowest BCUT2D eigenvalue weighted by Crippen LogP contribution is -1.98. The van der Waals surface area contributed by atoms with Crippen molar-refractivity contribution >= 4 is 11.3 Å². The van der Waals surface area contributed by atoms with E-state index in [9.17, 15) is 0 Å². The number of benzene rings is 1. The van der Waals surface area contributed by atoms with Crippen LogP contribution in [-0.2, 0) is 6.42 Å². The lowest BCUT2D eigenvalue weighted by atomic mass is 10.1. The van der Waals surface area contributed by atoms with Crippen molar-refractivity contribution in [2.45, 2.75) is 13.3 Å². The summed E-state index contributed by atoms with van der Waals surface area (Å²) in [6, 6.07) is 11.7. The van der Waals surface area contributed by atoms with Crippen molar-refractivity contribution in [3.8, 4) is 5.75 Å². The first-order valence-electron chi connectivity index (χ1n) is 6.13. The van der Waals surface area contributed by atoms with E-state index in [1.54, 1.807) is 7.11 Å². The van der Waals surface area contributed by atoms with Crippen LogP contribution < -0.4 is 10.5 Å². The topological polar surface area (TPSA) is 48.1 Å². The predicted octanol–water partition coefficient (Wildman–Crippen LogP) is 3.30. The minimum Gasteiger partial charge on any atom is -0.497 e. The van der Waals surface area contributed by atoms with E-state index in [-0.39, 0.29) is 0 Å². The molecule has 3 heteroatoms. The number of rotatable bonds is 4. The molecule has 0 aliphatic heterocycles. The Balaban J connectivity index is 2.24. The van der Waals surface area contributed by atoms with Gasteiger partial charge in [-0.1, -0.05) is 18.7 Å². The number of pyridine rings is 1. The molecule has 0 bridgehead atoms. The molecule has 1 aromatic carbocycles. The zero-order valence-electron chi connectivity index (χ0n) is 11.3. The highest BCUT2D eigenvalue weighted by molar-refractivity contribution is 5.61. The molecule has 0 fully saturated rings. The summed E-state index contributed by atoms with van der Waals surface area (Å²) >= 11 is 0. The zero-order valence-corrected chi connectivity index (χ0v) is 11.3. The van der Waals surface area contributed by atoms with E-state index in [0.717, 1.165) is 34.8 Å². The molecule has 19 heavy (non-hydrogen) atoms. The Kier molecular flexibility index (Phi) is 3.85. The standard InChI is InChI=1S/C16H18N2O/c1-11(2)16-10-13(17)9-14(18-16)8-12-4-6-15(19-3)7-5-12/h4-7,9-10H,1,8H2,2-3H3,(H2,17,18). The second-order valence-electron chi connectivity index (χ2n) is 4.58. The van der Waals surface area contributed by atoms with Crippen molar-refractivity contribution in [1.29, 1.82) is 0 Å². The molecule has 2 rings (SSSR count). The van der Waals surface area contributed by atoms with E-state index >= 15 is 0 Å². The van der Waals surface area contributed by atoms with E-state index in [4.69, 9.17) is 10.5 Å². The maximum absolute atomic E-state index is 5.90. The van der Waals surface area contributed by atoms with Crippen LogP contribution in [0.4, 0.5) is 5.69 Å². The summed E-state index contributed by atoms with van der Waals surface area (Å²) in [6.45, 7) is 5.83. The van der Waals surface area contributed by atoms with E-state index in [2.05, 4.69) is 11.6 Å². The molecule has 0 aliphatic rings. The second kappa shape index (κ2) is 5.57. The molecule has 2 aromatic rings. The van der Waals surface area contributed by atoms with Gasteiger partial charge in [-0.25, -0.2) is 0 Å². The molecule has 0 amide bonds. The first-order chi connectivity index (χ1) is 9.08. The van der Waals surface area contributed by atoms with Gasteiger partial charge in [0.15, 0.2) is 0 Å². The number of ether oxygens (including phenoxy) is 1. The molecule has 0 radical (unpaired) electrons. The molecule has 0 atom stereocenters. The van der Waals surface area contributed by atoms with Crippen molar-refractivity contribution in [2.24, 2.45) is 0 Å². The number of nitrogens with zero attached hydrogens (tertiary/aromatic N) is 1. The van der Waals surface area contributed by atoms with E-state index in [1.165, 1.54) is 5.56 Å². The van der Waals surface area contributed by atoms with Gasteiger partial charge in [-0.3, -0.25) is 4.98 Å². The SMILES string of the molecule is C=C(C)c1cc(N)cc(Cc2ccc(OC)cc2)n1. The molecule has 1 aromatic heterocycles. The average Bonchev–Trinajstić information content (AvgIpc) is 2.39. The summed E-state index contributed by atoms with van der Waals surface area (Å²) in [5.74, 6) is 0.854. The normalized spacial score (nSPS) is 10.2. The summed E-state index contributed by atoms with van der Waals surface area (Å²) in [5.41, 5.74) is 10.5. The smallest absolute Gasteiger partial charge is 0.118 e. The molecule has 0 unspecified atom stereocenters. The molecular weight excluding hydrogens is 236 g/mol. The van der Waals surface area contributed by atoms with Crippen molar-refractivity contribution < 1.29 is 4.74 Å². The average molecular weight is 254 g/mol. The number of anilines is 1. The van der Waals surface area contributed by atoms with Gasteiger partial charge >= 0.3 is 0 Å². The maximum atomic E-state index is 5.90. The minimum atomic E-state index is 0.719. The Bertz CT molecular complexity index is 588. The molecule has 0 saturated heterocycles. The van der Waals surface area contributed by atoms with E-state index in [0.29, 0.717) is 0 Å². The van der Waals surface area contributed by atoms with Gasteiger partial charge in [0, 0.05) is 17.8 Å². The summed E-state index contributed by atoms with van der Waals surface area (Å²) < 4.78 is 5.14. The third kappa shape index (κ3) is 3.35. The molecule has 1 heterocycles. The highest BCUT2D eigenvalue weighted by atomic mass is 16.5. The largest absolute Gasteiger partial charge is 0.497 e. The van der Waals surface area contributed by atoms with E-state index < -0.39 is 0 Å². The van der Waals surface area contributed by atoms with Gasteiger partial charge in [0.05, 0.1) is 12.8 Å². The quantitative estimate of drug-likeness (QED) is 0.910. The predicted molar refractivity (Wildman–Crippen MR) is 79.2 cm³/mol. The number of nitrogens with two attached hydrogens (primary N) is 1. The number of nitrogen functional groups attached to an aromatic ring is 1. The molecule has 0 aliphatic carbocycles. The van der Waals surface area contributed by atoms with Gasteiger partial charge in [0.25, 0.3) is 0 Å². The van der Waals surface area contributed by atoms with Crippen LogP contribution in [0, 0.1) is 0 Å². The van der Waals surface area contributed by atoms with Crippen LogP contribution in [0.2, 0.25) is 0 Å². The van der Waals surface area contributed by atoms with Gasteiger partial charge in [-0.2, -0.15) is 0 Å². The van der Waals surface area contributed by atoms with Crippen molar-refractivity contribution in [1.82, 2.24) is 4.98 Å². The van der Waals surface area contributed by atoms with Crippen LogP contribution in [0.15, 0.2) is 43.0 Å². The van der Waals surface area contributed by atoms with Crippen molar-refractivity contribution in [3.63, 3.8) is 0 Å². The van der Waals surface area contributed by atoms with E-state index in [1.807, 2.05) is 43.3 Å². The van der Waals surface area contributed by atoms with Gasteiger partial charge < -0.3 is 10.5 Å². The number of allylic oxidation sites excluding steroid dienone is 1. The monoisotopic (exact) mass is 254 g/mol. The first kappa shape index (κ1) is 13.1. The minimum absolute atomic E-state index is 0.719. The third-order valence-electron chi connectivity index (χ3n) is 2.88. The van der Waals surface area contributed by atoms with Crippen LogP contribution in [0.5, 0.6) is 5.75 Å². The number of hydrogen-bond acceptors (Lipinski definition) is 3. The Morgan fingerprint density at radius 1 is 1.26 bits per heavy atom. The highest BCUT2D eigenvalue weighted by Crippen LogP contribution is 2.18. The van der Waals surface area contributed by atoms with Gasteiger partial charge in [0.2, 0.25) is 0 Å². The van der Waals surface area contributed by atoms with Crippen LogP contribution in [0.3, 0.4) is 0 Å². The summed E-state index contributed by atoms with van der Waals surface area (Å²) in [5, 5.41) is 0. The molecule has 0 saturated carbocycles. The second-order valence-corrected chi connectivity index (χ2v) is 4.58. The number of methoxy groups -OCH3 is 1. The van der Waals surface area contributed by atoms with Gasteiger partial charge in [0.1, 0.15) is 5.75 Å². The zero-order chi connectivity index (χ0) is 13.8. The van der Waals surface area contributed by atoms with Crippen molar-refractivity contribution in [3.05, 3.63) is 59.9 Å². The fourth-order valence-corrected chi connectivity index (χ4v) is 1.87. The fraction of sp³-hybridized carbons (Fsp3) is 0.188. The molecule has 3 nitrogen and oxygen atoms in total. The molecule has 98 valence electrons. The summed E-state index contributed by atoms with van der Waals surface area (Å²) in [7, 11) is 1.66. The Morgan fingerprint density at radius 2 is 1.95 bits per heavy atom. The Morgan fingerprint density at radius 3 is 2.53 bits per heavy atom. The van der Waals surface area contributed by atoms with Crippen LogP contribution in [-0.4, -0.2) is 12.1 Å². The lowest BCUT2D eigenvalue weighted by Gasteiger charge is -2.07.